The normalized spacial score (nSPS) is 23.7. The summed E-state index contributed by atoms with van der Waals surface area (Å²) in [6.07, 6.45) is 1.79. The summed E-state index contributed by atoms with van der Waals surface area (Å²) in [5.74, 6) is -2.52. The zero-order valence-electron chi connectivity index (χ0n) is 12.3. The van der Waals surface area contributed by atoms with Crippen molar-refractivity contribution >= 4 is 11.9 Å². The summed E-state index contributed by atoms with van der Waals surface area (Å²) >= 11 is 0. The molecule has 2 fully saturated rings. The molecule has 0 aromatic heterocycles. The second-order valence-electron chi connectivity index (χ2n) is 6.03. The lowest BCUT2D eigenvalue weighted by molar-refractivity contribution is -0.129. The molecule has 2 aliphatic rings. The third-order valence-corrected chi connectivity index (χ3v) is 4.33. The predicted molar refractivity (Wildman–Crippen MR) is 74.1 cm³/mol. The van der Waals surface area contributed by atoms with Crippen LogP contribution in [0.2, 0.25) is 0 Å². The van der Waals surface area contributed by atoms with Crippen LogP contribution in [0.25, 0.3) is 0 Å². The van der Waals surface area contributed by atoms with Crippen LogP contribution in [0.4, 0.5) is 13.6 Å². The quantitative estimate of drug-likeness (QED) is 0.818. The molecule has 2 N–H and O–H groups in total. The van der Waals surface area contributed by atoms with Gasteiger partial charge in [0, 0.05) is 44.9 Å². The van der Waals surface area contributed by atoms with Gasteiger partial charge in [-0.3, -0.25) is 4.79 Å². The number of carbonyl (C=O) groups excluding carboxylic acids is 2. The van der Waals surface area contributed by atoms with Crippen LogP contribution < -0.4 is 10.6 Å². The van der Waals surface area contributed by atoms with Crippen molar-refractivity contribution in [3.8, 4) is 0 Å². The van der Waals surface area contributed by atoms with E-state index < -0.39 is 5.92 Å². The van der Waals surface area contributed by atoms with Gasteiger partial charge >= 0.3 is 6.03 Å². The van der Waals surface area contributed by atoms with E-state index in [0.717, 1.165) is 12.8 Å². The van der Waals surface area contributed by atoms with E-state index in [0.29, 0.717) is 25.9 Å². The maximum absolute atomic E-state index is 13.0. The Morgan fingerprint density at radius 3 is 1.95 bits per heavy atom. The molecule has 0 spiro atoms. The highest BCUT2D eigenvalue weighted by atomic mass is 19.3. The zero-order valence-corrected chi connectivity index (χ0v) is 12.3. The Bertz CT molecular complexity index is 386. The fourth-order valence-corrected chi connectivity index (χ4v) is 2.94. The summed E-state index contributed by atoms with van der Waals surface area (Å²) in [5.41, 5.74) is 0. The van der Waals surface area contributed by atoms with Gasteiger partial charge in [0.25, 0.3) is 0 Å². The Morgan fingerprint density at radius 1 is 1.00 bits per heavy atom. The number of nitrogens with one attached hydrogen (secondary N) is 2. The first-order valence-electron chi connectivity index (χ1n) is 7.56. The SMILES string of the molecule is CC(=O)N1CCC(NC(=O)NC2CCC(F)(F)CC2)CC1. The van der Waals surface area contributed by atoms with Gasteiger partial charge in [-0.2, -0.15) is 0 Å². The first-order valence-corrected chi connectivity index (χ1v) is 7.56. The monoisotopic (exact) mass is 303 g/mol. The molecule has 0 unspecified atom stereocenters. The second-order valence-corrected chi connectivity index (χ2v) is 6.03. The lowest BCUT2D eigenvalue weighted by atomic mass is 9.92. The number of amides is 3. The maximum Gasteiger partial charge on any atom is 0.315 e. The molecule has 120 valence electrons. The average Bonchev–Trinajstić information content (AvgIpc) is 2.42. The van der Waals surface area contributed by atoms with Crippen molar-refractivity contribution in [1.29, 1.82) is 0 Å². The van der Waals surface area contributed by atoms with Crippen LogP contribution in [0.15, 0.2) is 0 Å². The molecule has 2 rings (SSSR count). The van der Waals surface area contributed by atoms with Gasteiger partial charge in [-0.05, 0) is 25.7 Å². The largest absolute Gasteiger partial charge is 0.343 e. The molecule has 1 aliphatic carbocycles. The fraction of sp³-hybridized carbons (Fsp3) is 0.857. The number of alkyl halides is 2. The van der Waals surface area contributed by atoms with Gasteiger partial charge in [0.1, 0.15) is 0 Å². The van der Waals surface area contributed by atoms with Crippen LogP contribution in [0.5, 0.6) is 0 Å². The fourth-order valence-electron chi connectivity index (χ4n) is 2.94. The number of hydrogen-bond acceptors (Lipinski definition) is 2. The Kier molecular flexibility index (Phi) is 5.00. The Hall–Kier alpha value is -1.40. The molecule has 0 bridgehead atoms. The van der Waals surface area contributed by atoms with E-state index in [4.69, 9.17) is 0 Å². The molecule has 1 heterocycles. The van der Waals surface area contributed by atoms with E-state index in [-0.39, 0.29) is 36.9 Å². The summed E-state index contributed by atoms with van der Waals surface area (Å²) in [6, 6.07) is -0.404. The third kappa shape index (κ3) is 4.82. The minimum Gasteiger partial charge on any atom is -0.343 e. The van der Waals surface area contributed by atoms with Gasteiger partial charge in [-0.1, -0.05) is 0 Å². The van der Waals surface area contributed by atoms with Crippen LogP contribution in [0.3, 0.4) is 0 Å². The number of piperidine rings is 1. The molecule has 1 saturated carbocycles. The van der Waals surface area contributed by atoms with Gasteiger partial charge in [-0.15, -0.1) is 0 Å². The van der Waals surface area contributed by atoms with Crippen LogP contribution in [0.1, 0.15) is 45.4 Å². The molecular formula is C14H23F2N3O2. The topological polar surface area (TPSA) is 61.4 Å². The highest BCUT2D eigenvalue weighted by molar-refractivity contribution is 5.75. The maximum atomic E-state index is 13.0. The Morgan fingerprint density at radius 2 is 1.48 bits per heavy atom. The molecule has 5 nitrogen and oxygen atoms in total. The first-order chi connectivity index (χ1) is 9.85. The molecule has 21 heavy (non-hydrogen) atoms. The lowest BCUT2D eigenvalue weighted by Crippen LogP contribution is -2.51. The number of halogens is 2. The van der Waals surface area contributed by atoms with Crippen molar-refractivity contribution in [3.05, 3.63) is 0 Å². The summed E-state index contributed by atoms with van der Waals surface area (Å²) in [7, 11) is 0. The molecular weight excluding hydrogens is 280 g/mol. The van der Waals surface area contributed by atoms with Gasteiger partial charge in [-0.25, -0.2) is 13.6 Å². The van der Waals surface area contributed by atoms with E-state index in [9.17, 15) is 18.4 Å². The first kappa shape index (κ1) is 16.0. The minimum absolute atomic E-state index is 0.0469. The van der Waals surface area contributed by atoms with E-state index in [1.807, 2.05) is 0 Å². The van der Waals surface area contributed by atoms with E-state index in [2.05, 4.69) is 10.6 Å². The number of hydrogen-bond donors (Lipinski definition) is 2. The van der Waals surface area contributed by atoms with Gasteiger partial charge in [0.2, 0.25) is 11.8 Å². The highest BCUT2D eigenvalue weighted by Gasteiger charge is 2.35. The minimum atomic E-state index is -2.58. The van der Waals surface area contributed by atoms with E-state index in [1.165, 1.54) is 0 Å². The van der Waals surface area contributed by atoms with Crippen molar-refractivity contribution in [2.45, 2.75) is 63.5 Å². The summed E-state index contributed by atoms with van der Waals surface area (Å²) in [6.45, 7) is 2.84. The van der Waals surface area contributed by atoms with Crippen molar-refractivity contribution in [3.63, 3.8) is 0 Å². The van der Waals surface area contributed by atoms with Gasteiger partial charge < -0.3 is 15.5 Å². The second kappa shape index (κ2) is 6.58. The van der Waals surface area contributed by atoms with E-state index >= 15 is 0 Å². The standard InChI is InChI=1S/C14H23F2N3O2/c1-10(20)19-8-4-12(5-9-19)18-13(21)17-11-2-6-14(15,16)7-3-11/h11-12H,2-9H2,1H3,(H2,17,18,21). The van der Waals surface area contributed by atoms with Crippen molar-refractivity contribution < 1.29 is 18.4 Å². The summed E-state index contributed by atoms with van der Waals surface area (Å²) in [4.78, 5) is 24.8. The van der Waals surface area contributed by atoms with Crippen LogP contribution in [-0.4, -0.2) is 47.9 Å². The van der Waals surface area contributed by atoms with Crippen molar-refractivity contribution in [1.82, 2.24) is 15.5 Å². The molecule has 0 atom stereocenters. The van der Waals surface area contributed by atoms with Crippen LogP contribution in [-0.2, 0) is 4.79 Å². The Balaban J connectivity index is 1.68. The van der Waals surface area contributed by atoms with Crippen LogP contribution >= 0.6 is 0 Å². The number of urea groups is 1. The molecule has 1 aliphatic heterocycles. The molecule has 1 saturated heterocycles. The van der Waals surface area contributed by atoms with Gasteiger partial charge in [0.15, 0.2) is 0 Å². The van der Waals surface area contributed by atoms with Gasteiger partial charge in [0.05, 0.1) is 0 Å². The van der Waals surface area contributed by atoms with Crippen molar-refractivity contribution in [2.75, 3.05) is 13.1 Å². The molecule has 7 heteroatoms. The summed E-state index contributed by atoms with van der Waals surface area (Å²) in [5, 5.41) is 5.64. The molecule has 0 aromatic carbocycles. The number of likely N-dealkylation sites (tertiary alicyclic amines) is 1. The number of nitrogens with zero attached hydrogens (tertiary/aromatic N) is 1. The lowest BCUT2D eigenvalue weighted by Gasteiger charge is -2.33. The molecule has 0 radical (unpaired) electrons. The smallest absolute Gasteiger partial charge is 0.315 e. The Labute approximate surface area is 123 Å². The zero-order chi connectivity index (χ0) is 15.5. The number of carbonyl (C=O) groups is 2. The van der Waals surface area contributed by atoms with E-state index in [1.54, 1.807) is 11.8 Å². The highest BCUT2D eigenvalue weighted by Crippen LogP contribution is 2.32. The molecule has 3 amide bonds. The van der Waals surface area contributed by atoms with Crippen molar-refractivity contribution in [2.24, 2.45) is 0 Å². The predicted octanol–water partition coefficient (Wildman–Crippen LogP) is 1.87. The van der Waals surface area contributed by atoms with Crippen LogP contribution in [0, 0.1) is 0 Å². The average molecular weight is 303 g/mol. The number of rotatable bonds is 2. The summed E-state index contributed by atoms with van der Waals surface area (Å²) < 4.78 is 26.1. The third-order valence-electron chi connectivity index (χ3n) is 4.33. The molecule has 0 aromatic rings.